The number of allylic oxidation sites excluding steroid dienone is 2. The Morgan fingerprint density at radius 1 is 0.944 bits per heavy atom. The second-order valence-electron chi connectivity index (χ2n) is 8.23. The summed E-state index contributed by atoms with van der Waals surface area (Å²) in [6.07, 6.45) is 0. The van der Waals surface area contributed by atoms with Crippen molar-refractivity contribution in [3.8, 4) is 6.07 Å². The van der Waals surface area contributed by atoms with Crippen molar-refractivity contribution in [3.63, 3.8) is 0 Å². The summed E-state index contributed by atoms with van der Waals surface area (Å²) in [5.74, 6) is -0.838. The lowest BCUT2D eigenvalue weighted by molar-refractivity contribution is -0.118. The number of carbonyl (C=O) groups excluding carboxylic acids is 2. The fraction of sp³-hybridized carbons (Fsp3) is 0.138. The second-order valence-corrected chi connectivity index (χ2v) is 9.22. The lowest BCUT2D eigenvalue weighted by Crippen LogP contribution is -2.31. The van der Waals surface area contributed by atoms with Crippen LogP contribution in [0.4, 0.5) is 5.69 Å². The van der Waals surface area contributed by atoms with Crippen molar-refractivity contribution in [2.75, 3.05) is 11.1 Å². The SMILES string of the molecule is CC1=C(C(=O)Nc2ccccc2)[C@H](c2ccccc2)C(C#N)=C(SCC(=O)NCc2ccccc2)N1. The molecule has 1 aliphatic rings. The molecule has 0 unspecified atom stereocenters. The average molecular weight is 495 g/mol. The van der Waals surface area contributed by atoms with Crippen LogP contribution in [0.2, 0.25) is 0 Å². The molecule has 36 heavy (non-hydrogen) atoms. The van der Waals surface area contributed by atoms with Crippen molar-refractivity contribution in [2.45, 2.75) is 19.4 Å². The molecule has 1 aliphatic heterocycles. The number of benzene rings is 3. The van der Waals surface area contributed by atoms with Gasteiger partial charge in [0.2, 0.25) is 5.91 Å². The molecule has 0 fully saturated rings. The molecule has 3 aromatic rings. The third kappa shape index (κ3) is 6.04. The van der Waals surface area contributed by atoms with Gasteiger partial charge in [-0.2, -0.15) is 5.26 Å². The largest absolute Gasteiger partial charge is 0.353 e. The van der Waals surface area contributed by atoms with Crippen molar-refractivity contribution < 1.29 is 9.59 Å². The molecule has 0 saturated heterocycles. The minimum atomic E-state index is -0.559. The van der Waals surface area contributed by atoms with Crippen molar-refractivity contribution >= 4 is 29.3 Å². The first-order valence-electron chi connectivity index (χ1n) is 11.5. The van der Waals surface area contributed by atoms with Crippen LogP contribution in [-0.2, 0) is 16.1 Å². The van der Waals surface area contributed by atoms with E-state index in [2.05, 4.69) is 22.0 Å². The first kappa shape index (κ1) is 24.8. The molecule has 0 aliphatic carbocycles. The van der Waals surface area contributed by atoms with Gasteiger partial charge in [0.15, 0.2) is 0 Å². The minimum absolute atomic E-state index is 0.138. The summed E-state index contributed by atoms with van der Waals surface area (Å²) < 4.78 is 0. The molecule has 1 heterocycles. The van der Waals surface area contributed by atoms with Gasteiger partial charge in [0.25, 0.3) is 5.91 Å². The Bertz CT molecular complexity index is 1330. The summed E-state index contributed by atoms with van der Waals surface area (Å²) in [4.78, 5) is 25.9. The zero-order chi connectivity index (χ0) is 25.3. The highest BCUT2D eigenvalue weighted by Gasteiger charge is 2.34. The summed E-state index contributed by atoms with van der Waals surface area (Å²) in [7, 11) is 0. The Morgan fingerprint density at radius 2 is 1.56 bits per heavy atom. The van der Waals surface area contributed by atoms with Crippen LogP contribution in [0, 0.1) is 11.3 Å². The summed E-state index contributed by atoms with van der Waals surface area (Å²) in [5.41, 5.74) is 4.04. The van der Waals surface area contributed by atoms with Crippen LogP contribution in [0.25, 0.3) is 0 Å². The van der Waals surface area contributed by atoms with Gasteiger partial charge in [-0.15, -0.1) is 0 Å². The van der Waals surface area contributed by atoms with Crippen molar-refractivity contribution in [1.82, 2.24) is 10.6 Å². The van der Waals surface area contributed by atoms with Gasteiger partial charge in [-0.1, -0.05) is 90.6 Å². The number of thioether (sulfide) groups is 1. The highest BCUT2D eigenvalue weighted by molar-refractivity contribution is 8.03. The Labute approximate surface area is 215 Å². The van der Waals surface area contributed by atoms with Gasteiger partial charge in [0, 0.05) is 23.5 Å². The lowest BCUT2D eigenvalue weighted by Gasteiger charge is -2.29. The van der Waals surface area contributed by atoms with E-state index in [0.717, 1.165) is 11.1 Å². The first-order chi connectivity index (χ1) is 17.6. The Balaban J connectivity index is 1.56. The number of hydrogen-bond acceptors (Lipinski definition) is 5. The average Bonchev–Trinajstić information content (AvgIpc) is 2.91. The van der Waals surface area contributed by atoms with Crippen LogP contribution in [0.5, 0.6) is 0 Å². The molecule has 3 aromatic carbocycles. The maximum absolute atomic E-state index is 13.4. The molecule has 7 heteroatoms. The zero-order valence-electron chi connectivity index (χ0n) is 19.8. The number of amides is 2. The molecule has 2 amide bonds. The molecule has 1 atom stereocenters. The number of hydrogen-bond donors (Lipinski definition) is 3. The van der Waals surface area contributed by atoms with Gasteiger partial charge < -0.3 is 16.0 Å². The maximum atomic E-state index is 13.4. The van der Waals surface area contributed by atoms with Crippen LogP contribution >= 0.6 is 11.8 Å². The van der Waals surface area contributed by atoms with E-state index in [4.69, 9.17) is 0 Å². The minimum Gasteiger partial charge on any atom is -0.353 e. The maximum Gasteiger partial charge on any atom is 0.254 e. The fourth-order valence-electron chi connectivity index (χ4n) is 4.01. The first-order valence-corrected chi connectivity index (χ1v) is 12.5. The van der Waals surface area contributed by atoms with E-state index in [1.165, 1.54) is 11.8 Å². The Morgan fingerprint density at radius 3 is 2.19 bits per heavy atom. The van der Waals surface area contributed by atoms with E-state index in [1.54, 1.807) is 0 Å². The van der Waals surface area contributed by atoms with Gasteiger partial charge in [-0.25, -0.2) is 0 Å². The van der Waals surface area contributed by atoms with Crippen LogP contribution in [0.3, 0.4) is 0 Å². The predicted octanol–water partition coefficient (Wildman–Crippen LogP) is 5.07. The van der Waals surface area contributed by atoms with E-state index in [-0.39, 0.29) is 17.6 Å². The van der Waals surface area contributed by atoms with Crippen molar-refractivity contribution in [2.24, 2.45) is 0 Å². The number of carbonyl (C=O) groups is 2. The summed E-state index contributed by atoms with van der Waals surface area (Å²) >= 11 is 1.26. The molecular formula is C29H26N4O2S. The smallest absolute Gasteiger partial charge is 0.254 e. The van der Waals surface area contributed by atoms with Gasteiger partial charge >= 0.3 is 0 Å². The molecule has 180 valence electrons. The molecule has 4 rings (SSSR count). The van der Waals surface area contributed by atoms with Gasteiger partial charge in [0.05, 0.1) is 28.3 Å². The number of dihydropyridines is 1. The zero-order valence-corrected chi connectivity index (χ0v) is 20.6. The molecule has 0 bridgehead atoms. The Kier molecular flexibility index (Phi) is 8.22. The van der Waals surface area contributed by atoms with Crippen molar-refractivity contribution in [3.05, 3.63) is 124 Å². The van der Waals surface area contributed by atoms with E-state index in [1.807, 2.05) is 97.9 Å². The quantitative estimate of drug-likeness (QED) is 0.406. The fourth-order valence-corrected chi connectivity index (χ4v) is 4.93. The third-order valence-corrected chi connectivity index (χ3v) is 6.75. The molecule has 0 aromatic heterocycles. The number of rotatable bonds is 8. The molecule has 3 N–H and O–H groups in total. The van der Waals surface area contributed by atoms with E-state index >= 15 is 0 Å². The molecule has 0 spiro atoms. The van der Waals surface area contributed by atoms with Crippen LogP contribution < -0.4 is 16.0 Å². The van der Waals surface area contributed by atoms with Crippen LogP contribution in [0.15, 0.2) is 113 Å². The molecule has 0 radical (unpaired) electrons. The van der Waals surface area contributed by atoms with Gasteiger partial charge in [-0.3, -0.25) is 9.59 Å². The van der Waals surface area contributed by atoms with E-state index in [9.17, 15) is 14.9 Å². The normalized spacial score (nSPS) is 15.1. The van der Waals surface area contributed by atoms with E-state index in [0.29, 0.717) is 34.1 Å². The van der Waals surface area contributed by atoms with Gasteiger partial charge in [0.1, 0.15) is 0 Å². The summed E-state index contributed by atoms with van der Waals surface area (Å²) in [6.45, 7) is 2.26. The number of nitrogens with zero attached hydrogens (tertiary/aromatic N) is 1. The summed E-state index contributed by atoms with van der Waals surface area (Å²) in [6, 6.07) is 30.7. The third-order valence-electron chi connectivity index (χ3n) is 5.74. The number of para-hydroxylation sites is 1. The highest BCUT2D eigenvalue weighted by atomic mass is 32.2. The number of nitriles is 1. The molecule has 0 saturated carbocycles. The predicted molar refractivity (Wildman–Crippen MR) is 143 cm³/mol. The second kappa shape index (κ2) is 11.9. The van der Waals surface area contributed by atoms with Crippen LogP contribution in [-0.4, -0.2) is 17.6 Å². The number of anilines is 1. The monoisotopic (exact) mass is 494 g/mol. The topological polar surface area (TPSA) is 94.0 Å². The molecule has 6 nitrogen and oxygen atoms in total. The van der Waals surface area contributed by atoms with Gasteiger partial charge in [-0.05, 0) is 30.2 Å². The lowest BCUT2D eigenvalue weighted by atomic mass is 9.82. The van der Waals surface area contributed by atoms with Crippen molar-refractivity contribution in [1.29, 1.82) is 5.26 Å². The standard InChI is InChI=1S/C29H26N4O2S/c1-20-26(28(35)33-23-15-9-4-10-16-23)27(22-13-7-3-8-14-22)24(17-30)29(32-20)36-19-25(34)31-18-21-11-5-2-6-12-21/h2-16,27,32H,18-19H2,1H3,(H,31,34)(H,33,35)/t27-/m1/s1. The van der Waals surface area contributed by atoms with Crippen LogP contribution in [0.1, 0.15) is 24.0 Å². The highest BCUT2D eigenvalue weighted by Crippen LogP contribution is 2.40. The molecular weight excluding hydrogens is 468 g/mol. The summed E-state index contributed by atoms with van der Waals surface area (Å²) in [5, 5.41) is 19.8. The Hall–Kier alpha value is -4.28. The number of nitrogens with one attached hydrogen (secondary N) is 3. The van der Waals surface area contributed by atoms with E-state index < -0.39 is 5.92 Å².